The third kappa shape index (κ3) is 3.71. The van der Waals surface area contributed by atoms with Crippen LogP contribution in [-0.2, 0) is 19.6 Å². The standard InChI is InChI=1S/C13H17NO5S/c1-3-14-8-12(18-9-13(14)15)10-4-6-11(7-5-10)19-20(2,16)17/h4-7,12H,3,8-9H2,1-2H3/t12-/m1/s1. The Morgan fingerprint density at radius 3 is 2.55 bits per heavy atom. The predicted octanol–water partition coefficient (Wildman–Crippen LogP) is 0.945. The Hall–Kier alpha value is -1.60. The molecule has 0 bridgehead atoms. The van der Waals surface area contributed by atoms with Crippen LogP contribution < -0.4 is 4.18 Å². The third-order valence-corrected chi connectivity index (χ3v) is 3.52. The maximum atomic E-state index is 11.5. The Morgan fingerprint density at radius 2 is 2.00 bits per heavy atom. The van der Waals surface area contributed by atoms with Crippen LogP contribution in [-0.4, -0.2) is 45.2 Å². The molecule has 0 aliphatic carbocycles. The summed E-state index contributed by atoms with van der Waals surface area (Å²) in [5.74, 6) is 0.247. The van der Waals surface area contributed by atoms with Gasteiger partial charge in [-0.05, 0) is 24.6 Å². The molecule has 0 unspecified atom stereocenters. The first-order valence-electron chi connectivity index (χ1n) is 6.28. The van der Waals surface area contributed by atoms with Crippen LogP contribution in [0, 0.1) is 0 Å². The molecule has 1 amide bonds. The monoisotopic (exact) mass is 299 g/mol. The summed E-state index contributed by atoms with van der Waals surface area (Å²) in [7, 11) is -3.52. The lowest BCUT2D eigenvalue weighted by atomic mass is 10.1. The molecule has 2 rings (SSSR count). The molecule has 0 N–H and O–H groups in total. The van der Waals surface area contributed by atoms with E-state index in [-0.39, 0.29) is 24.4 Å². The van der Waals surface area contributed by atoms with Gasteiger partial charge in [-0.1, -0.05) is 12.1 Å². The molecule has 1 aliphatic rings. The number of nitrogens with zero attached hydrogens (tertiary/aromatic N) is 1. The molecule has 0 saturated carbocycles. The number of amides is 1. The van der Waals surface area contributed by atoms with E-state index in [2.05, 4.69) is 0 Å². The molecule has 7 heteroatoms. The molecule has 1 aliphatic heterocycles. The normalized spacial score (nSPS) is 20.0. The van der Waals surface area contributed by atoms with Crippen molar-refractivity contribution in [1.29, 1.82) is 0 Å². The molecule has 1 fully saturated rings. The summed E-state index contributed by atoms with van der Waals surface area (Å²) < 4.78 is 32.3. The van der Waals surface area contributed by atoms with Gasteiger partial charge >= 0.3 is 10.1 Å². The second kappa shape index (κ2) is 5.80. The highest BCUT2D eigenvalue weighted by Crippen LogP contribution is 2.25. The topological polar surface area (TPSA) is 72.9 Å². The van der Waals surface area contributed by atoms with Gasteiger partial charge in [0.15, 0.2) is 0 Å². The summed E-state index contributed by atoms with van der Waals surface area (Å²) in [5, 5.41) is 0. The van der Waals surface area contributed by atoms with Gasteiger partial charge in [0.2, 0.25) is 5.91 Å². The lowest BCUT2D eigenvalue weighted by molar-refractivity contribution is -0.148. The van der Waals surface area contributed by atoms with Gasteiger partial charge in [0.25, 0.3) is 0 Å². The molecular formula is C13H17NO5S. The Morgan fingerprint density at radius 1 is 1.35 bits per heavy atom. The zero-order valence-electron chi connectivity index (χ0n) is 11.4. The molecule has 6 nitrogen and oxygen atoms in total. The minimum Gasteiger partial charge on any atom is -0.383 e. The van der Waals surface area contributed by atoms with Crippen molar-refractivity contribution in [3.63, 3.8) is 0 Å². The highest BCUT2D eigenvalue weighted by molar-refractivity contribution is 7.86. The van der Waals surface area contributed by atoms with E-state index >= 15 is 0 Å². The molecule has 0 aromatic heterocycles. The Labute approximate surface area is 118 Å². The van der Waals surface area contributed by atoms with Crippen molar-refractivity contribution < 1.29 is 22.1 Å². The number of hydrogen-bond acceptors (Lipinski definition) is 5. The molecule has 1 aromatic carbocycles. The van der Waals surface area contributed by atoms with E-state index in [1.54, 1.807) is 29.2 Å². The van der Waals surface area contributed by atoms with Gasteiger partial charge < -0.3 is 13.8 Å². The zero-order chi connectivity index (χ0) is 14.8. The average molecular weight is 299 g/mol. The minimum absolute atomic E-state index is 0.0132. The number of hydrogen-bond donors (Lipinski definition) is 0. The number of carbonyl (C=O) groups excluding carboxylic acids is 1. The zero-order valence-corrected chi connectivity index (χ0v) is 12.2. The first kappa shape index (κ1) is 14.8. The molecule has 110 valence electrons. The summed E-state index contributed by atoms with van der Waals surface area (Å²) in [6.45, 7) is 3.14. The first-order valence-corrected chi connectivity index (χ1v) is 8.09. The van der Waals surface area contributed by atoms with E-state index in [0.717, 1.165) is 11.8 Å². The SMILES string of the molecule is CCN1C[C@H](c2ccc(OS(C)(=O)=O)cc2)OCC1=O. The van der Waals surface area contributed by atoms with Crippen LogP contribution in [0.3, 0.4) is 0 Å². The number of carbonyl (C=O) groups is 1. The van der Waals surface area contributed by atoms with Crippen LogP contribution >= 0.6 is 0 Å². The van der Waals surface area contributed by atoms with Gasteiger partial charge in [-0.25, -0.2) is 0 Å². The predicted molar refractivity (Wildman–Crippen MR) is 72.9 cm³/mol. The Kier molecular flexibility index (Phi) is 4.29. The van der Waals surface area contributed by atoms with Gasteiger partial charge in [-0.15, -0.1) is 0 Å². The van der Waals surface area contributed by atoms with Gasteiger partial charge in [-0.2, -0.15) is 8.42 Å². The van der Waals surface area contributed by atoms with Crippen LogP contribution in [0.4, 0.5) is 0 Å². The van der Waals surface area contributed by atoms with E-state index in [0.29, 0.717) is 13.1 Å². The summed E-state index contributed by atoms with van der Waals surface area (Å²) in [6, 6.07) is 6.64. The van der Waals surface area contributed by atoms with Gasteiger partial charge in [0.05, 0.1) is 12.8 Å². The quantitative estimate of drug-likeness (QED) is 0.774. The fourth-order valence-corrected chi connectivity index (χ4v) is 2.50. The van der Waals surface area contributed by atoms with Crippen molar-refractivity contribution >= 4 is 16.0 Å². The number of benzene rings is 1. The number of ether oxygens (including phenoxy) is 1. The van der Waals surface area contributed by atoms with Crippen LogP contribution in [0.5, 0.6) is 5.75 Å². The number of rotatable bonds is 4. The van der Waals surface area contributed by atoms with E-state index in [1.807, 2.05) is 6.92 Å². The molecule has 1 saturated heterocycles. The summed E-state index contributed by atoms with van der Waals surface area (Å²) >= 11 is 0. The Bertz CT molecular complexity index is 581. The number of morpholine rings is 1. The van der Waals surface area contributed by atoms with Crippen molar-refractivity contribution in [2.75, 3.05) is 26.0 Å². The maximum Gasteiger partial charge on any atom is 0.306 e. The fourth-order valence-electron chi connectivity index (χ4n) is 2.04. The number of likely N-dealkylation sites (N-methyl/N-ethyl adjacent to an activating group) is 1. The molecule has 0 spiro atoms. The highest BCUT2D eigenvalue weighted by Gasteiger charge is 2.26. The van der Waals surface area contributed by atoms with Crippen molar-refractivity contribution in [2.45, 2.75) is 13.0 Å². The fraction of sp³-hybridized carbons (Fsp3) is 0.462. The van der Waals surface area contributed by atoms with E-state index in [1.165, 1.54) is 0 Å². The first-order chi connectivity index (χ1) is 9.39. The van der Waals surface area contributed by atoms with Crippen molar-refractivity contribution in [2.24, 2.45) is 0 Å². The molecule has 1 aromatic rings. The van der Waals surface area contributed by atoms with E-state index < -0.39 is 10.1 Å². The largest absolute Gasteiger partial charge is 0.383 e. The highest BCUT2D eigenvalue weighted by atomic mass is 32.2. The van der Waals surface area contributed by atoms with Gasteiger partial charge in [0, 0.05) is 6.54 Å². The molecular weight excluding hydrogens is 282 g/mol. The van der Waals surface area contributed by atoms with E-state index in [9.17, 15) is 13.2 Å². The van der Waals surface area contributed by atoms with Crippen molar-refractivity contribution in [3.8, 4) is 5.75 Å². The second-order valence-electron chi connectivity index (χ2n) is 4.59. The van der Waals surface area contributed by atoms with Crippen LogP contribution in [0.2, 0.25) is 0 Å². The summed E-state index contributed by atoms with van der Waals surface area (Å²) in [5.41, 5.74) is 0.886. The lowest BCUT2D eigenvalue weighted by Crippen LogP contribution is -2.42. The van der Waals surface area contributed by atoms with Crippen molar-refractivity contribution in [1.82, 2.24) is 4.90 Å². The van der Waals surface area contributed by atoms with Crippen molar-refractivity contribution in [3.05, 3.63) is 29.8 Å². The summed E-state index contributed by atoms with van der Waals surface area (Å²) in [4.78, 5) is 13.3. The summed E-state index contributed by atoms with van der Waals surface area (Å²) in [6.07, 6.45) is 0.801. The molecule has 1 atom stereocenters. The smallest absolute Gasteiger partial charge is 0.306 e. The third-order valence-electron chi connectivity index (χ3n) is 3.03. The van der Waals surface area contributed by atoms with Crippen LogP contribution in [0.15, 0.2) is 24.3 Å². The maximum absolute atomic E-state index is 11.5. The van der Waals surface area contributed by atoms with Crippen LogP contribution in [0.25, 0.3) is 0 Å². The van der Waals surface area contributed by atoms with Gasteiger partial charge in [-0.3, -0.25) is 4.79 Å². The molecule has 20 heavy (non-hydrogen) atoms. The molecule has 1 heterocycles. The minimum atomic E-state index is -3.52. The second-order valence-corrected chi connectivity index (χ2v) is 6.16. The van der Waals surface area contributed by atoms with Gasteiger partial charge in [0.1, 0.15) is 18.5 Å². The molecule has 0 radical (unpaired) electrons. The van der Waals surface area contributed by atoms with E-state index in [4.69, 9.17) is 8.92 Å². The lowest BCUT2D eigenvalue weighted by Gasteiger charge is -2.32. The van der Waals surface area contributed by atoms with Crippen LogP contribution in [0.1, 0.15) is 18.6 Å². The average Bonchev–Trinajstić information content (AvgIpc) is 2.38. The Balaban J connectivity index is 2.08.